The lowest BCUT2D eigenvalue weighted by molar-refractivity contribution is 0.0600. The lowest BCUT2D eigenvalue weighted by Crippen LogP contribution is -2.38. The number of hydrogen-bond acceptors (Lipinski definition) is 5. The fraction of sp³-hybridized carbons (Fsp3) is 0.222. The van der Waals surface area contributed by atoms with Crippen molar-refractivity contribution in [3.63, 3.8) is 0 Å². The Balaban J connectivity index is 2.67. The molecule has 0 fully saturated rings. The van der Waals surface area contributed by atoms with E-state index in [1.165, 1.54) is 37.4 Å². The predicted octanol–water partition coefficient (Wildman–Crippen LogP) is 2.78. The first-order valence-electron chi connectivity index (χ1n) is 7.75. The average Bonchev–Trinajstić information content (AvgIpc) is 2.61. The normalized spacial score (nSPS) is 11.2. The minimum atomic E-state index is -4.11. The van der Waals surface area contributed by atoms with Crippen molar-refractivity contribution < 1.29 is 27.9 Å². The molecule has 0 heterocycles. The van der Waals surface area contributed by atoms with E-state index in [1.807, 2.05) is 0 Å². The van der Waals surface area contributed by atoms with Crippen LogP contribution in [0.2, 0.25) is 0 Å². The summed E-state index contributed by atoms with van der Waals surface area (Å²) in [6.07, 6.45) is 0. The zero-order valence-corrected chi connectivity index (χ0v) is 15.4. The third kappa shape index (κ3) is 3.70. The molecule has 26 heavy (non-hydrogen) atoms. The molecule has 0 aliphatic rings. The van der Waals surface area contributed by atoms with Crippen molar-refractivity contribution in [2.24, 2.45) is 0 Å². The van der Waals surface area contributed by atoms with Crippen molar-refractivity contribution in [3.05, 3.63) is 59.7 Å². The quantitative estimate of drug-likeness (QED) is 0.777. The Morgan fingerprint density at radius 1 is 1.08 bits per heavy atom. The van der Waals surface area contributed by atoms with E-state index in [4.69, 9.17) is 9.84 Å². The van der Waals surface area contributed by atoms with Gasteiger partial charge in [-0.15, -0.1) is 0 Å². The molecule has 0 amide bonds. The molecule has 0 saturated carbocycles. The highest BCUT2D eigenvalue weighted by Crippen LogP contribution is 2.30. The molecule has 0 aliphatic carbocycles. The maximum Gasteiger partial charge on any atom is 0.340 e. The first-order chi connectivity index (χ1) is 12.2. The largest absolute Gasteiger partial charge is 0.478 e. The number of anilines is 1. The molecule has 7 nitrogen and oxygen atoms in total. The van der Waals surface area contributed by atoms with E-state index in [1.54, 1.807) is 26.0 Å². The van der Waals surface area contributed by atoms with E-state index in [0.717, 1.165) is 10.4 Å². The summed E-state index contributed by atoms with van der Waals surface area (Å²) in [5.41, 5.74) is 0.118. The summed E-state index contributed by atoms with van der Waals surface area (Å²) in [5.74, 6) is -1.89. The van der Waals surface area contributed by atoms with Crippen molar-refractivity contribution in [2.45, 2.75) is 24.8 Å². The molecule has 2 aromatic rings. The molecule has 0 aliphatic heterocycles. The number of carboxylic acid groups (broad SMARTS) is 1. The van der Waals surface area contributed by atoms with E-state index in [0.29, 0.717) is 0 Å². The second-order valence-corrected chi connectivity index (χ2v) is 7.55. The van der Waals surface area contributed by atoms with Crippen LogP contribution in [-0.2, 0) is 14.8 Å². The molecular weight excluding hydrogens is 358 g/mol. The van der Waals surface area contributed by atoms with Gasteiger partial charge in [-0.3, -0.25) is 4.31 Å². The summed E-state index contributed by atoms with van der Waals surface area (Å²) in [6.45, 7) is 3.32. The number of sulfonamides is 1. The van der Waals surface area contributed by atoms with Crippen LogP contribution in [0.15, 0.2) is 53.4 Å². The number of carbonyl (C=O) groups is 2. The molecule has 2 aromatic carbocycles. The lowest BCUT2D eigenvalue weighted by Gasteiger charge is -2.29. The van der Waals surface area contributed by atoms with Gasteiger partial charge in [0, 0.05) is 6.04 Å². The number of ether oxygens (including phenoxy) is 1. The number of carbonyl (C=O) groups excluding carboxylic acids is 1. The Hall–Kier alpha value is -2.87. The topological polar surface area (TPSA) is 101 Å². The molecule has 0 atom stereocenters. The summed E-state index contributed by atoms with van der Waals surface area (Å²) in [5, 5.41) is 9.12. The van der Waals surface area contributed by atoms with Crippen LogP contribution in [0.5, 0.6) is 0 Å². The van der Waals surface area contributed by atoms with Crippen molar-refractivity contribution in [2.75, 3.05) is 11.4 Å². The SMILES string of the molecule is COC(=O)c1ccccc1N(C(C)C)S(=O)(=O)c1cccc(C(=O)O)c1. The molecule has 138 valence electrons. The van der Waals surface area contributed by atoms with Crippen LogP contribution in [0.3, 0.4) is 0 Å². The average molecular weight is 377 g/mol. The first-order valence-corrected chi connectivity index (χ1v) is 9.19. The summed E-state index contributed by atoms with van der Waals surface area (Å²) in [4.78, 5) is 23.0. The summed E-state index contributed by atoms with van der Waals surface area (Å²) in [7, 11) is -2.90. The molecule has 0 aromatic heterocycles. The Labute approximate surface area is 151 Å². The number of methoxy groups -OCH3 is 1. The maximum atomic E-state index is 13.2. The number of carboxylic acids is 1. The van der Waals surface area contributed by atoms with Crippen molar-refractivity contribution in [1.82, 2.24) is 0 Å². The summed E-state index contributed by atoms with van der Waals surface area (Å²) >= 11 is 0. The Morgan fingerprint density at radius 2 is 1.73 bits per heavy atom. The van der Waals surface area contributed by atoms with Gasteiger partial charge < -0.3 is 9.84 Å². The smallest absolute Gasteiger partial charge is 0.340 e. The van der Waals surface area contributed by atoms with Gasteiger partial charge in [0.2, 0.25) is 0 Å². The van der Waals surface area contributed by atoms with E-state index in [9.17, 15) is 18.0 Å². The maximum absolute atomic E-state index is 13.2. The molecule has 0 unspecified atom stereocenters. The zero-order chi connectivity index (χ0) is 19.5. The number of aromatic carboxylic acids is 1. The van der Waals surface area contributed by atoms with E-state index < -0.39 is 28.0 Å². The third-order valence-electron chi connectivity index (χ3n) is 3.65. The summed E-state index contributed by atoms with van der Waals surface area (Å²) < 4.78 is 32.2. The molecule has 0 bridgehead atoms. The van der Waals surface area contributed by atoms with Gasteiger partial charge in [0.05, 0.1) is 28.8 Å². The van der Waals surface area contributed by atoms with Crippen LogP contribution < -0.4 is 4.31 Å². The van der Waals surface area contributed by atoms with Crippen molar-refractivity contribution >= 4 is 27.6 Å². The van der Waals surface area contributed by atoms with Gasteiger partial charge in [-0.25, -0.2) is 18.0 Å². The van der Waals surface area contributed by atoms with Gasteiger partial charge >= 0.3 is 11.9 Å². The van der Waals surface area contributed by atoms with Gasteiger partial charge in [0.15, 0.2) is 0 Å². The van der Waals surface area contributed by atoms with Gasteiger partial charge in [0.25, 0.3) is 10.0 Å². The molecule has 0 radical (unpaired) electrons. The van der Waals surface area contributed by atoms with Crippen LogP contribution in [0.4, 0.5) is 5.69 Å². The fourth-order valence-electron chi connectivity index (χ4n) is 2.54. The number of esters is 1. The van der Waals surface area contributed by atoms with E-state index in [2.05, 4.69) is 0 Å². The molecule has 0 saturated heterocycles. The molecule has 0 spiro atoms. The predicted molar refractivity (Wildman–Crippen MR) is 96.0 cm³/mol. The van der Waals surface area contributed by atoms with Crippen LogP contribution in [0.25, 0.3) is 0 Å². The third-order valence-corrected chi connectivity index (χ3v) is 5.64. The molecule has 2 rings (SSSR count). The zero-order valence-electron chi connectivity index (χ0n) is 14.5. The van der Waals surface area contributed by atoms with Crippen LogP contribution in [-0.4, -0.2) is 38.6 Å². The molecule has 1 N–H and O–H groups in total. The Morgan fingerprint density at radius 3 is 2.31 bits per heavy atom. The standard InChI is InChI=1S/C18H19NO6S/c1-12(2)19(16-10-5-4-9-15(16)18(22)25-3)26(23,24)14-8-6-7-13(11-14)17(20)21/h4-12H,1-3H3,(H,20,21). The minimum Gasteiger partial charge on any atom is -0.478 e. The van der Waals surface area contributed by atoms with Crippen LogP contribution in [0.1, 0.15) is 34.6 Å². The monoisotopic (exact) mass is 377 g/mol. The van der Waals surface area contributed by atoms with Gasteiger partial charge in [-0.1, -0.05) is 18.2 Å². The fourth-order valence-corrected chi connectivity index (χ4v) is 4.26. The minimum absolute atomic E-state index is 0.0988. The first kappa shape index (κ1) is 19.5. The van der Waals surface area contributed by atoms with E-state index >= 15 is 0 Å². The van der Waals surface area contributed by atoms with Gasteiger partial charge in [-0.05, 0) is 44.2 Å². The number of para-hydroxylation sites is 1. The highest BCUT2D eigenvalue weighted by Gasteiger charge is 2.31. The second-order valence-electron chi connectivity index (χ2n) is 5.74. The van der Waals surface area contributed by atoms with Crippen molar-refractivity contribution in [3.8, 4) is 0 Å². The Kier molecular flexibility index (Phi) is 5.66. The Bertz CT molecular complexity index is 936. The highest BCUT2D eigenvalue weighted by atomic mass is 32.2. The second kappa shape index (κ2) is 7.57. The number of nitrogens with zero attached hydrogens (tertiary/aromatic N) is 1. The highest BCUT2D eigenvalue weighted by molar-refractivity contribution is 7.92. The van der Waals surface area contributed by atoms with E-state index in [-0.39, 0.29) is 21.7 Å². The number of hydrogen-bond donors (Lipinski definition) is 1. The van der Waals surface area contributed by atoms with Gasteiger partial charge in [0.1, 0.15) is 0 Å². The molecular formula is C18H19NO6S. The summed E-state index contributed by atoms with van der Waals surface area (Å²) in [6, 6.07) is 10.7. The van der Waals surface area contributed by atoms with Gasteiger partial charge in [-0.2, -0.15) is 0 Å². The van der Waals surface area contributed by atoms with Crippen LogP contribution in [0, 0.1) is 0 Å². The van der Waals surface area contributed by atoms with Crippen LogP contribution >= 0.6 is 0 Å². The number of benzene rings is 2. The number of rotatable bonds is 6. The lowest BCUT2D eigenvalue weighted by atomic mass is 10.1. The van der Waals surface area contributed by atoms with Crippen molar-refractivity contribution in [1.29, 1.82) is 0 Å². The molecule has 8 heteroatoms.